The molecule has 4 aromatic rings. The number of urea groups is 1. The van der Waals surface area contributed by atoms with Gasteiger partial charge in [-0.25, -0.2) is 20.2 Å². The minimum Gasteiger partial charge on any atom is -0.324 e. The Balaban J connectivity index is 1.42. The van der Waals surface area contributed by atoms with Crippen LogP contribution in [0.2, 0.25) is 0 Å². The van der Waals surface area contributed by atoms with E-state index in [1.54, 1.807) is 36.8 Å². The number of nitrogens with one attached hydrogen (secondary N) is 4. The normalized spacial score (nSPS) is 10.9. The molecule has 3 amide bonds. The van der Waals surface area contributed by atoms with Gasteiger partial charge in [0.15, 0.2) is 0 Å². The molecule has 188 valence electrons. The molecule has 2 aromatic carbocycles. The Kier molecular flexibility index (Phi) is 7.28. The maximum atomic E-state index is 13.1. The maximum Gasteiger partial charge on any atom is 0.418 e. The number of aryl methyl sites for hydroxylation is 1. The Morgan fingerprint density at radius 2 is 1.70 bits per heavy atom. The number of para-hydroxylation sites is 1. The second-order valence-electron chi connectivity index (χ2n) is 7.74. The number of halogens is 3. The summed E-state index contributed by atoms with van der Waals surface area (Å²) in [5.74, 6) is -0.393. The van der Waals surface area contributed by atoms with Gasteiger partial charge in [-0.15, -0.1) is 0 Å². The Labute approximate surface area is 209 Å². The third kappa shape index (κ3) is 6.36. The number of amides is 3. The van der Waals surface area contributed by atoms with E-state index in [4.69, 9.17) is 0 Å². The molecule has 0 unspecified atom stereocenters. The second kappa shape index (κ2) is 10.7. The van der Waals surface area contributed by atoms with Crippen molar-refractivity contribution in [2.45, 2.75) is 13.1 Å². The van der Waals surface area contributed by atoms with Crippen molar-refractivity contribution in [3.05, 3.63) is 95.9 Å². The van der Waals surface area contributed by atoms with Crippen LogP contribution in [0.4, 0.5) is 35.3 Å². The van der Waals surface area contributed by atoms with Gasteiger partial charge in [-0.3, -0.25) is 15.2 Å². The Morgan fingerprint density at radius 1 is 0.892 bits per heavy atom. The van der Waals surface area contributed by atoms with Gasteiger partial charge in [-0.05, 0) is 55.0 Å². The molecule has 0 bridgehead atoms. The summed E-state index contributed by atoms with van der Waals surface area (Å²) in [6.45, 7) is 1.82. The van der Waals surface area contributed by atoms with Gasteiger partial charge in [-0.2, -0.15) is 13.2 Å². The first kappa shape index (κ1) is 25.1. The van der Waals surface area contributed by atoms with Crippen molar-refractivity contribution in [1.29, 1.82) is 0 Å². The van der Waals surface area contributed by atoms with Gasteiger partial charge in [0, 0.05) is 35.4 Å². The third-order valence-corrected chi connectivity index (χ3v) is 5.13. The summed E-state index contributed by atoms with van der Waals surface area (Å²) in [4.78, 5) is 37.4. The molecule has 0 atom stereocenters. The summed E-state index contributed by atoms with van der Waals surface area (Å²) in [5, 5.41) is 5.14. The number of hydrogen-bond donors (Lipinski definition) is 4. The smallest absolute Gasteiger partial charge is 0.324 e. The lowest BCUT2D eigenvalue weighted by atomic mass is 10.1. The number of anilines is 3. The number of carbonyl (C=O) groups excluding carboxylic acids is 2. The van der Waals surface area contributed by atoms with Crippen molar-refractivity contribution < 1.29 is 22.8 Å². The molecular formula is C25H20F3N7O2. The van der Waals surface area contributed by atoms with Crippen LogP contribution < -0.4 is 21.5 Å². The molecule has 2 aromatic heterocycles. The molecule has 4 rings (SSSR count). The van der Waals surface area contributed by atoms with Crippen LogP contribution in [-0.4, -0.2) is 26.9 Å². The van der Waals surface area contributed by atoms with Gasteiger partial charge in [-0.1, -0.05) is 18.2 Å². The monoisotopic (exact) mass is 507 g/mol. The van der Waals surface area contributed by atoms with Crippen LogP contribution in [-0.2, 0) is 6.18 Å². The van der Waals surface area contributed by atoms with Crippen molar-refractivity contribution >= 4 is 29.3 Å². The fraction of sp³-hybridized carbons (Fsp3) is 0.0800. The minimum atomic E-state index is -4.65. The number of pyridine rings is 1. The average molecular weight is 507 g/mol. The van der Waals surface area contributed by atoms with E-state index >= 15 is 0 Å². The van der Waals surface area contributed by atoms with Gasteiger partial charge >= 0.3 is 12.2 Å². The zero-order chi connectivity index (χ0) is 26.4. The number of aromatic nitrogens is 3. The first-order chi connectivity index (χ1) is 17.7. The highest BCUT2D eigenvalue weighted by atomic mass is 19.4. The molecule has 0 aliphatic rings. The van der Waals surface area contributed by atoms with Crippen molar-refractivity contribution in [1.82, 2.24) is 25.8 Å². The quantitative estimate of drug-likeness (QED) is 0.280. The molecule has 0 saturated heterocycles. The van der Waals surface area contributed by atoms with E-state index in [1.807, 2.05) is 18.4 Å². The van der Waals surface area contributed by atoms with Gasteiger partial charge < -0.3 is 10.6 Å². The predicted molar refractivity (Wildman–Crippen MR) is 131 cm³/mol. The van der Waals surface area contributed by atoms with Crippen molar-refractivity contribution in [3.8, 4) is 11.3 Å². The summed E-state index contributed by atoms with van der Waals surface area (Å²) in [6, 6.07) is 13.6. The molecule has 0 fully saturated rings. The Morgan fingerprint density at radius 3 is 2.46 bits per heavy atom. The first-order valence-corrected chi connectivity index (χ1v) is 10.9. The molecule has 0 saturated carbocycles. The fourth-order valence-corrected chi connectivity index (χ4v) is 3.29. The Bertz CT molecular complexity index is 1430. The first-order valence-electron chi connectivity index (χ1n) is 10.9. The highest BCUT2D eigenvalue weighted by molar-refractivity contribution is 5.98. The number of alkyl halides is 3. The lowest BCUT2D eigenvalue weighted by Gasteiger charge is -2.15. The standard InChI is InChI=1S/C25H20F3N7O2/c1-15-8-9-16(13-21(15)32-23-30-12-10-19(31-23)17-5-4-11-29-14-17)22(36)34-35-24(37)33-20-7-3-2-6-18(20)25(26,27)28/h2-14H,1H3,(H,34,36)(H,30,31,32)(H2,33,35,37). The fourth-order valence-electron chi connectivity index (χ4n) is 3.29. The average Bonchev–Trinajstić information content (AvgIpc) is 2.89. The molecule has 4 N–H and O–H groups in total. The second-order valence-corrected chi connectivity index (χ2v) is 7.74. The topological polar surface area (TPSA) is 121 Å². The summed E-state index contributed by atoms with van der Waals surface area (Å²) < 4.78 is 39.3. The van der Waals surface area contributed by atoms with Crippen LogP contribution in [0.1, 0.15) is 21.5 Å². The van der Waals surface area contributed by atoms with E-state index in [0.29, 0.717) is 17.3 Å². The van der Waals surface area contributed by atoms with Crippen molar-refractivity contribution in [2.75, 3.05) is 10.6 Å². The number of carbonyl (C=O) groups is 2. The zero-order valence-corrected chi connectivity index (χ0v) is 19.3. The maximum absolute atomic E-state index is 13.1. The van der Waals surface area contributed by atoms with Crippen LogP contribution in [0.5, 0.6) is 0 Å². The van der Waals surface area contributed by atoms with Crippen molar-refractivity contribution in [3.63, 3.8) is 0 Å². The van der Waals surface area contributed by atoms with E-state index < -0.39 is 29.4 Å². The van der Waals surface area contributed by atoms with Crippen LogP contribution in [0.3, 0.4) is 0 Å². The molecule has 0 aliphatic heterocycles. The van der Waals surface area contributed by atoms with E-state index in [-0.39, 0.29) is 5.56 Å². The highest BCUT2D eigenvalue weighted by Crippen LogP contribution is 2.34. The molecule has 0 radical (unpaired) electrons. The molecular weight excluding hydrogens is 487 g/mol. The highest BCUT2D eigenvalue weighted by Gasteiger charge is 2.33. The number of hydrazine groups is 1. The van der Waals surface area contributed by atoms with Gasteiger partial charge in [0.1, 0.15) is 0 Å². The molecule has 0 spiro atoms. The van der Waals surface area contributed by atoms with E-state index in [2.05, 4.69) is 31.0 Å². The minimum absolute atomic E-state index is 0.174. The number of benzene rings is 2. The SMILES string of the molecule is Cc1ccc(C(=O)NNC(=O)Nc2ccccc2C(F)(F)F)cc1Nc1nccc(-c2cccnc2)n1. The largest absolute Gasteiger partial charge is 0.418 e. The lowest BCUT2D eigenvalue weighted by molar-refractivity contribution is -0.136. The van der Waals surface area contributed by atoms with E-state index in [1.165, 1.54) is 24.3 Å². The molecule has 0 aliphatic carbocycles. The summed E-state index contributed by atoms with van der Waals surface area (Å²) in [6.07, 6.45) is 0.263. The van der Waals surface area contributed by atoms with Crippen molar-refractivity contribution in [2.24, 2.45) is 0 Å². The van der Waals surface area contributed by atoms with Crippen LogP contribution in [0.25, 0.3) is 11.3 Å². The van der Waals surface area contributed by atoms with Gasteiger partial charge in [0.25, 0.3) is 5.91 Å². The van der Waals surface area contributed by atoms with Crippen LogP contribution in [0.15, 0.2) is 79.3 Å². The Hall–Kier alpha value is -5.00. The number of nitrogens with zero attached hydrogens (tertiary/aromatic N) is 3. The zero-order valence-electron chi connectivity index (χ0n) is 19.3. The van der Waals surface area contributed by atoms with E-state index in [9.17, 15) is 22.8 Å². The van der Waals surface area contributed by atoms with Gasteiger partial charge in [0.05, 0.1) is 16.9 Å². The van der Waals surface area contributed by atoms with E-state index in [0.717, 1.165) is 23.3 Å². The number of hydrogen-bond acceptors (Lipinski definition) is 6. The molecule has 12 heteroatoms. The lowest BCUT2D eigenvalue weighted by Crippen LogP contribution is -2.44. The summed E-state index contributed by atoms with van der Waals surface area (Å²) >= 11 is 0. The summed E-state index contributed by atoms with van der Waals surface area (Å²) in [7, 11) is 0. The van der Waals surface area contributed by atoms with Crippen LogP contribution >= 0.6 is 0 Å². The van der Waals surface area contributed by atoms with Crippen LogP contribution in [0, 0.1) is 6.92 Å². The molecule has 9 nitrogen and oxygen atoms in total. The predicted octanol–water partition coefficient (Wildman–Crippen LogP) is 5.08. The number of rotatable bonds is 5. The molecule has 37 heavy (non-hydrogen) atoms. The third-order valence-electron chi connectivity index (χ3n) is 5.13. The van der Waals surface area contributed by atoms with Gasteiger partial charge in [0.2, 0.25) is 5.95 Å². The summed E-state index contributed by atoms with van der Waals surface area (Å²) in [5.41, 5.74) is 5.72. The molecule has 2 heterocycles.